The Bertz CT molecular complexity index is 683. The molecule has 2 aromatic heterocycles. The lowest BCUT2D eigenvalue weighted by Crippen LogP contribution is -2.43. The van der Waals surface area contributed by atoms with Crippen molar-refractivity contribution in [1.29, 1.82) is 0 Å². The van der Waals surface area contributed by atoms with E-state index in [1.54, 1.807) is 22.9 Å². The molecule has 0 aliphatic carbocycles. The monoisotopic (exact) mass is 290 g/mol. The molecule has 104 valence electrons. The number of carbonyl (C=O) groups is 1. The summed E-state index contributed by atoms with van der Waals surface area (Å²) >= 11 is 5.86. The van der Waals surface area contributed by atoms with Crippen LogP contribution in [0.1, 0.15) is 16.8 Å². The molecule has 2 aliphatic rings. The molecule has 0 aromatic carbocycles. The van der Waals surface area contributed by atoms with Gasteiger partial charge in [0.25, 0.3) is 5.91 Å². The minimum absolute atomic E-state index is 0.0181. The van der Waals surface area contributed by atoms with E-state index >= 15 is 0 Å². The number of carbonyl (C=O) groups excluding carboxylic acids is 1. The lowest BCUT2D eigenvalue weighted by Gasteiger charge is -2.23. The number of aromatic nitrogens is 2. The summed E-state index contributed by atoms with van der Waals surface area (Å²) in [6.07, 6.45) is 4.68. The number of halogens is 1. The second-order valence-electron chi connectivity index (χ2n) is 5.64. The van der Waals surface area contributed by atoms with Gasteiger partial charge in [-0.25, -0.2) is 4.98 Å². The molecular weight excluding hydrogens is 276 g/mol. The van der Waals surface area contributed by atoms with Crippen molar-refractivity contribution in [3.05, 3.63) is 35.2 Å². The Hall–Kier alpha value is -1.59. The third kappa shape index (κ3) is 1.98. The molecular formula is C14H15ClN4O. The van der Waals surface area contributed by atoms with Crippen LogP contribution < -0.4 is 5.32 Å². The van der Waals surface area contributed by atoms with E-state index in [1.807, 2.05) is 6.07 Å². The smallest absolute Gasteiger partial charge is 0.253 e. The van der Waals surface area contributed by atoms with Crippen molar-refractivity contribution in [2.75, 3.05) is 19.6 Å². The number of fused-ring (bicyclic) bond motifs is 3. The highest BCUT2D eigenvalue weighted by Crippen LogP contribution is 2.27. The van der Waals surface area contributed by atoms with Gasteiger partial charge in [-0.15, -0.1) is 0 Å². The molecule has 2 bridgehead atoms. The maximum atomic E-state index is 12.3. The van der Waals surface area contributed by atoms with Crippen molar-refractivity contribution in [2.45, 2.75) is 12.5 Å². The van der Waals surface area contributed by atoms with Gasteiger partial charge in [-0.2, -0.15) is 0 Å². The van der Waals surface area contributed by atoms with Crippen LogP contribution in [0.25, 0.3) is 5.65 Å². The van der Waals surface area contributed by atoms with Crippen LogP contribution in [0.4, 0.5) is 0 Å². The van der Waals surface area contributed by atoms with Crippen LogP contribution >= 0.6 is 11.6 Å². The van der Waals surface area contributed by atoms with E-state index in [0.29, 0.717) is 22.7 Å². The second kappa shape index (κ2) is 4.46. The number of amides is 1. The predicted molar refractivity (Wildman–Crippen MR) is 76.0 cm³/mol. The molecule has 0 spiro atoms. The van der Waals surface area contributed by atoms with Crippen LogP contribution in [0, 0.1) is 5.92 Å². The molecule has 4 rings (SSSR count). The van der Waals surface area contributed by atoms with E-state index in [4.69, 9.17) is 11.6 Å². The van der Waals surface area contributed by atoms with Crippen molar-refractivity contribution < 1.29 is 4.79 Å². The molecule has 2 fully saturated rings. The average Bonchev–Trinajstić information content (AvgIpc) is 3.10. The van der Waals surface area contributed by atoms with E-state index in [-0.39, 0.29) is 5.91 Å². The Balaban J connectivity index is 1.54. The summed E-state index contributed by atoms with van der Waals surface area (Å²) in [5.41, 5.74) is 1.39. The van der Waals surface area contributed by atoms with Gasteiger partial charge in [-0.05, 0) is 31.0 Å². The summed E-state index contributed by atoms with van der Waals surface area (Å²) < 4.78 is 1.78. The number of pyridine rings is 1. The van der Waals surface area contributed by atoms with Gasteiger partial charge in [0.05, 0.1) is 5.56 Å². The highest BCUT2D eigenvalue weighted by atomic mass is 35.5. The van der Waals surface area contributed by atoms with Crippen molar-refractivity contribution >= 4 is 23.2 Å². The number of imidazole rings is 1. The summed E-state index contributed by atoms with van der Waals surface area (Å²) in [6, 6.07) is 3.89. The first-order valence-corrected chi connectivity index (χ1v) is 7.24. The SMILES string of the molecule is O=C(NC1CN2CCC1C2)c1ccc2nc(Cl)cn2c1. The Morgan fingerprint density at radius 2 is 2.25 bits per heavy atom. The van der Waals surface area contributed by atoms with Gasteiger partial charge in [0, 0.05) is 31.5 Å². The Morgan fingerprint density at radius 1 is 1.35 bits per heavy atom. The highest BCUT2D eigenvalue weighted by Gasteiger charge is 2.38. The molecule has 2 saturated heterocycles. The van der Waals surface area contributed by atoms with Crippen LogP contribution in [0.5, 0.6) is 0 Å². The van der Waals surface area contributed by atoms with E-state index < -0.39 is 0 Å². The van der Waals surface area contributed by atoms with Crippen LogP contribution in [0.3, 0.4) is 0 Å². The van der Waals surface area contributed by atoms with Gasteiger partial charge in [0.15, 0.2) is 0 Å². The third-order valence-electron chi connectivity index (χ3n) is 4.33. The normalized spacial score (nSPS) is 28.1. The molecule has 3 atom stereocenters. The van der Waals surface area contributed by atoms with Crippen molar-refractivity contribution in [1.82, 2.24) is 19.6 Å². The molecule has 0 saturated carbocycles. The van der Waals surface area contributed by atoms with Gasteiger partial charge >= 0.3 is 0 Å². The highest BCUT2D eigenvalue weighted by molar-refractivity contribution is 6.29. The largest absolute Gasteiger partial charge is 0.348 e. The fraction of sp³-hybridized carbons (Fsp3) is 0.429. The molecule has 2 aromatic rings. The number of rotatable bonds is 2. The predicted octanol–water partition coefficient (Wildman–Crippen LogP) is 1.42. The number of hydrogen-bond donors (Lipinski definition) is 1. The van der Waals surface area contributed by atoms with Gasteiger partial charge < -0.3 is 14.6 Å². The molecule has 0 radical (unpaired) electrons. The first-order chi connectivity index (χ1) is 9.69. The first kappa shape index (κ1) is 12.2. The second-order valence-corrected chi connectivity index (χ2v) is 6.02. The van der Waals surface area contributed by atoms with Gasteiger partial charge in [0.2, 0.25) is 0 Å². The van der Waals surface area contributed by atoms with Crippen molar-refractivity contribution in [2.24, 2.45) is 5.92 Å². The molecule has 4 heterocycles. The molecule has 20 heavy (non-hydrogen) atoms. The fourth-order valence-electron chi connectivity index (χ4n) is 3.29. The zero-order valence-electron chi connectivity index (χ0n) is 10.9. The van der Waals surface area contributed by atoms with Crippen LogP contribution in [-0.4, -0.2) is 45.9 Å². The topological polar surface area (TPSA) is 49.6 Å². The molecule has 5 nitrogen and oxygen atoms in total. The number of nitrogens with one attached hydrogen (secondary N) is 1. The first-order valence-electron chi connectivity index (χ1n) is 6.86. The van der Waals surface area contributed by atoms with E-state index in [9.17, 15) is 4.79 Å². The van der Waals surface area contributed by atoms with Crippen molar-refractivity contribution in [3.63, 3.8) is 0 Å². The van der Waals surface area contributed by atoms with E-state index in [1.165, 1.54) is 13.0 Å². The quantitative estimate of drug-likeness (QED) is 0.910. The summed E-state index contributed by atoms with van der Waals surface area (Å²) in [6.45, 7) is 3.28. The lowest BCUT2D eigenvalue weighted by atomic mass is 10.00. The Labute approximate surface area is 121 Å². The van der Waals surface area contributed by atoms with Gasteiger partial charge in [-0.1, -0.05) is 11.6 Å². The minimum Gasteiger partial charge on any atom is -0.348 e. The summed E-state index contributed by atoms with van der Waals surface area (Å²) in [7, 11) is 0. The molecule has 6 heteroatoms. The fourth-order valence-corrected chi connectivity index (χ4v) is 3.49. The van der Waals surface area contributed by atoms with Crippen LogP contribution in [0.15, 0.2) is 24.5 Å². The molecule has 3 unspecified atom stereocenters. The number of piperidine rings is 1. The van der Waals surface area contributed by atoms with Gasteiger partial charge in [0.1, 0.15) is 10.8 Å². The molecule has 1 amide bonds. The van der Waals surface area contributed by atoms with Gasteiger partial charge in [-0.3, -0.25) is 4.79 Å². The zero-order valence-corrected chi connectivity index (χ0v) is 11.7. The number of nitrogens with zero attached hydrogens (tertiary/aromatic N) is 3. The summed E-state index contributed by atoms with van der Waals surface area (Å²) in [4.78, 5) is 18.9. The average molecular weight is 291 g/mol. The summed E-state index contributed by atoms with van der Waals surface area (Å²) in [5.74, 6) is 0.598. The number of hydrogen-bond acceptors (Lipinski definition) is 3. The van der Waals surface area contributed by atoms with Crippen LogP contribution in [0.2, 0.25) is 5.15 Å². The maximum Gasteiger partial charge on any atom is 0.253 e. The minimum atomic E-state index is -0.0181. The van der Waals surface area contributed by atoms with Crippen LogP contribution in [-0.2, 0) is 0 Å². The zero-order chi connectivity index (χ0) is 13.7. The summed E-state index contributed by atoms with van der Waals surface area (Å²) in [5, 5.41) is 3.58. The third-order valence-corrected chi connectivity index (χ3v) is 4.52. The van der Waals surface area contributed by atoms with Crippen molar-refractivity contribution in [3.8, 4) is 0 Å². The maximum absolute atomic E-state index is 12.3. The molecule has 1 N–H and O–H groups in total. The molecule has 2 aliphatic heterocycles. The lowest BCUT2D eigenvalue weighted by molar-refractivity contribution is 0.0924. The van der Waals surface area contributed by atoms with E-state index in [0.717, 1.165) is 18.7 Å². The standard InChI is InChI=1S/C14H15ClN4O/c15-12-8-19-6-10(1-2-13(19)17-12)14(20)16-11-7-18-4-3-9(11)5-18/h1-2,6,8-9,11H,3-5,7H2,(H,16,20). The Kier molecular flexibility index (Phi) is 2.72. The van der Waals surface area contributed by atoms with E-state index in [2.05, 4.69) is 15.2 Å². The Morgan fingerprint density at radius 3 is 3.00 bits per heavy atom.